The van der Waals surface area contributed by atoms with Gasteiger partial charge in [-0.25, -0.2) is 0 Å². The van der Waals surface area contributed by atoms with E-state index in [1.165, 1.54) is 12.1 Å². The van der Waals surface area contributed by atoms with Gasteiger partial charge in [-0.05, 0) is 42.5 Å². The zero-order valence-electron chi connectivity index (χ0n) is 12.9. The molecule has 7 heteroatoms. The molecule has 1 aromatic carbocycles. The van der Waals surface area contributed by atoms with E-state index in [1.807, 2.05) is 6.07 Å². The number of nitrogens with zero attached hydrogens (tertiary/aromatic N) is 1. The molecular formula is C17H17ClN2O3S. The van der Waals surface area contributed by atoms with Crippen molar-refractivity contribution in [3.63, 3.8) is 0 Å². The molecule has 1 saturated heterocycles. The maximum Gasteiger partial charge on any atom is 0.269 e. The van der Waals surface area contributed by atoms with Crippen LogP contribution < -0.4 is 5.32 Å². The largest absolute Gasteiger partial charge is 0.384 e. The van der Waals surface area contributed by atoms with Crippen molar-refractivity contribution in [2.45, 2.75) is 18.4 Å². The number of amides is 1. The highest BCUT2D eigenvalue weighted by molar-refractivity contribution is 7.99. The Morgan fingerprint density at radius 1 is 1.46 bits per heavy atom. The van der Waals surface area contributed by atoms with E-state index >= 15 is 0 Å². The summed E-state index contributed by atoms with van der Waals surface area (Å²) in [5.41, 5.74) is -1.20. The summed E-state index contributed by atoms with van der Waals surface area (Å²) in [4.78, 5) is 12.6. The summed E-state index contributed by atoms with van der Waals surface area (Å²) in [5.74, 6) is 5.67. The molecule has 1 aliphatic rings. The van der Waals surface area contributed by atoms with Crippen LogP contribution in [0, 0.1) is 29.1 Å². The Morgan fingerprint density at radius 3 is 2.75 bits per heavy atom. The lowest BCUT2D eigenvalue weighted by molar-refractivity contribution is -0.133. The first kappa shape index (κ1) is 18.6. The Morgan fingerprint density at radius 2 is 2.17 bits per heavy atom. The molecule has 1 heterocycles. The molecule has 0 bridgehead atoms. The maximum absolute atomic E-state index is 12.6. The van der Waals surface area contributed by atoms with Gasteiger partial charge in [-0.2, -0.15) is 17.0 Å². The number of aliphatic hydroxyl groups excluding tert-OH is 1. The molecule has 0 saturated carbocycles. The fourth-order valence-electron chi connectivity index (χ4n) is 2.54. The number of hydrogen-bond donors (Lipinski definition) is 3. The van der Waals surface area contributed by atoms with E-state index < -0.39 is 18.1 Å². The van der Waals surface area contributed by atoms with Gasteiger partial charge in [-0.15, -0.1) is 0 Å². The molecule has 0 aliphatic carbocycles. The quantitative estimate of drug-likeness (QED) is 0.713. The molecule has 24 heavy (non-hydrogen) atoms. The molecule has 1 fully saturated rings. The van der Waals surface area contributed by atoms with Crippen LogP contribution in [0.2, 0.25) is 5.02 Å². The Labute approximate surface area is 150 Å². The van der Waals surface area contributed by atoms with Crippen molar-refractivity contribution in [2.24, 2.45) is 5.92 Å². The Kier molecular flexibility index (Phi) is 6.53. The molecule has 1 unspecified atom stereocenters. The first-order valence-electron chi connectivity index (χ1n) is 7.43. The van der Waals surface area contributed by atoms with Crippen LogP contribution in [0.1, 0.15) is 18.4 Å². The molecule has 1 aromatic rings. The molecule has 1 amide bonds. The van der Waals surface area contributed by atoms with Crippen LogP contribution in [-0.2, 0) is 4.79 Å². The van der Waals surface area contributed by atoms with E-state index in [9.17, 15) is 9.90 Å². The van der Waals surface area contributed by atoms with E-state index in [4.69, 9.17) is 22.0 Å². The molecule has 0 radical (unpaired) electrons. The summed E-state index contributed by atoms with van der Waals surface area (Å²) in [6.45, 7) is -0.431. The molecule has 0 aromatic heterocycles. The van der Waals surface area contributed by atoms with Crippen LogP contribution in [0.3, 0.4) is 0 Å². The van der Waals surface area contributed by atoms with Gasteiger partial charge in [-0.1, -0.05) is 23.4 Å². The number of anilines is 1. The zero-order valence-corrected chi connectivity index (χ0v) is 14.5. The number of thioether (sulfide) groups is 1. The Balaban J connectivity index is 2.24. The number of nitrogens with one attached hydrogen (secondary N) is 1. The zero-order chi connectivity index (χ0) is 17.6. The van der Waals surface area contributed by atoms with Gasteiger partial charge < -0.3 is 15.5 Å². The van der Waals surface area contributed by atoms with Crippen molar-refractivity contribution in [2.75, 3.05) is 23.4 Å². The summed E-state index contributed by atoms with van der Waals surface area (Å²) >= 11 is 7.73. The predicted molar refractivity (Wildman–Crippen MR) is 94.7 cm³/mol. The first-order chi connectivity index (χ1) is 11.5. The molecular weight excluding hydrogens is 348 g/mol. The highest BCUT2D eigenvalue weighted by Gasteiger charge is 2.43. The summed E-state index contributed by atoms with van der Waals surface area (Å²) in [6, 6.07) is 6.43. The molecule has 5 nitrogen and oxygen atoms in total. The van der Waals surface area contributed by atoms with Gasteiger partial charge in [0.05, 0.1) is 10.6 Å². The van der Waals surface area contributed by atoms with Gasteiger partial charge in [0.25, 0.3) is 5.91 Å². The highest BCUT2D eigenvalue weighted by Crippen LogP contribution is 2.33. The first-order valence-corrected chi connectivity index (χ1v) is 8.96. The third-order valence-corrected chi connectivity index (χ3v) is 5.23. The van der Waals surface area contributed by atoms with Crippen LogP contribution in [0.15, 0.2) is 18.2 Å². The Hall–Kier alpha value is -1.70. The average molecular weight is 365 g/mol. The van der Waals surface area contributed by atoms with Gasteiger partial charge in [-0.3, -0.25) is 4.79 Å². The number of benzene rings is 1. The van der Waals surface area contributed by atoms with E-state index in [0.29, 0.717) is 24.1 Å². The normalized spacial score (nSPS) is 17.1. The number of hydrogen-bond acceptors (Lipinski definition) is 5. The molecule has 0 spiro atoms. The average Bonchev–Trinajstić information content (AvgIpc) is 2.60. The van der Waals surface area contributed by atoms with Crippen LogP contribution in [0.4, 0.5) is 5.69 Å². The highest BCUT2D eigenvalue weighted by atomic mass is 35.5. The smallest absolute Gasteiger partial charge is 0.269 e. The minimum atomic E-state index is -1.87. The van der Waals surface area contributed by atoms with Crippen molar-refractivity contribution in [1.29, 1.82) is 5.26 Å². The lowest BCUT2D eigenvalue weighted by Gasteiger charge is -2.33. The van der Waals surface area contributed by atoms with Gasteiger partial charge in [0.2, 0.25) is 5.60 Å². The second-order valence-electron chi connectivity index (χ2n) is 5.37. The standard InChI is InChI=1S/C17H17ClN2O3S/c18-15-10-14(3-2-12(15)11-19)20-16(22)17(23,6-1-7-21)13-4-8-24-9-5-13/h2-3,10,13,21,23H,4-5,7-9H2,(H,20,22). The maximum atomic E-state index is 12.6. The summed E-state index contributed by atoms with van der Waals surface area (Å²) in [7, 11) is 0. The second-order valence-corrected chi connectivity index (χ2v) is 7.01. The monoisotopic (exact) mass is 364 g/mol. The number of halogens is 1. The van der Waals surface area contributed by atoms with Crippen LogP contribution in [0.25, 0.3) is 0 Å². The third-order valence-electron chi connectivity index (χ3n) is 3.86. The third kappa shape index (κ3) is 4.23. The van der Waals surface area contributed by atoms with Gasteiger partial charge in [0.1, 0.15) is 12.7 Å². The van der Waals surface area contributed by atoms with Crippen molar-refractivity contribution in [1.82, 2.24) is 0 Å². The molecule has 1 atom stereocenters. The van der Waals surface area contributed by atoms with E-state index in [0.717, 1.165) is 11.5 Å². The number of rotatable bonds is 3. The topological polar surface area (TPSA) is 93.4 Å². The van der Waals surface area contributed by atoms with Crippen molar-refractivity contribution in [3.05, 3.63) is 28.8 Å². The van der Waals surface area contributed by atoms with E-state index in [-0.39, 0.29) is 10.9 Å². The molecule has 2 rings (SSSR count). The van der Waals surface area contributed by atoms with E-state index in [2.05, 4.69) is 17.2 Å². The minimum Gasteiger partial charge on any atom is -0.384 e. The van der Waals surface area contributed by atoms with Crippen molar-refractivity contribution >= 4 is 35.0 Å². The summed E-state index contributed by atoms with van der Waals surface area (Å²) in [5, 5.41) is 31.5. The number of carbonyl (C=O) groups excluding carboxylic acids is 1. The number of aliphatic hydroxyl groups is 2. The predicted octanol–water partition coefficient (Wildman–Crippen LogP) is 2.02. The second kappa shape index (κ2) is 8.41. The summed E-state index contributed by atoms with van der Waals surface area (Å²) < 4.78 is 0. The summed E-state index contributed by atoms with van der Waals surface area (Å²) in [6.07, 6.45) is 1.34. The fourth-order valence-corrected chi connectivity index (χ4v) is 3.87. The van der Waals surface area contributed by atoms with Crippen LogP contribution in [-0.4, -0.2) is 39.8 Å². The van der Waals surface area contributed by atoms with Crippen LogP contribution in [0.5, 0.6) is 0 Å². The lowest BCUT2D eigenvalue weighted by atomic mass is 9.82. The number of carbonyl (C=O) groups is 1. The van der Waals surface area contributed by atoms with Gasteiger partial charge >= 0.3 is 0 Å². The van der Waals surface area contributed by atoms with Crippen molar-refractivity contribution in [3.8, 4) is 17.9 Å². The lowest BCUT2D eigenvalue weighted by Crippen LogP contribution is -2.49. The molecule has 126 valence electrons. The fraction of sp³-hybridized carbons (Fsp3) is 0.412. The van der Waals surface area contributed by atoms with E-state index in [1.54, 1.807) is 17.8 Å². The van der Waals surface area contributed by atoms with Gasteiger partial charge in [0.15, 0.2) is 0 Å². The van der Waals surface area contributed by atoms with Crippen molar-refractivity contribution < 1.29 is 15.0 Å². The Bertz CT molecular complexity index is 717. The molecule has 1 aliphatic heterocycles. The minimum absolute atomic E-state index is 0.217. The van der Waals surface area contributed by atoms with Crippen LogP contribution >= 0.6 is 23.4 Å². The number of nitriles is 1. The van der Waals surface area contributed by atoms with Gasteiger partial charge in [0, 0.05) is 11.6 Å². The molecule has 3 N–H and O–H groups in total. The SMILES string of the molecule is N#Cc1ccc(NC(=O)C(O)(C#CCO)C2CCSCC2)cc1Cl.